The normalized spacial score (nSPS) is 11.9. The summed E-state index contributed by atoms with van der Waals surface area (Å²) in [6.45, 7) is 5.25. The summed E-state index contributed by atoms with van der Waals surface area (Å²) in [5.74, 6) is -0.275. The number of aryl methyl sites for hydroxylation is 1. The van der Waals surface area contributed by atoms with Crippen molar-refractivity contribution in [2.45, 2.75) is 38.3 Å². The largest absolute Gasteiger partial charge is 0.497 e. The van der Waals surface area contributed by atoms with Crippen molar-refractivity contribution in [3.8, 4) is 5.75 Å². The van der Waals surface area contributed by atoms with E-state index in [0.29, 0.717) is 23.0 Å². The molecule has 3 aromatic rings. The predicted octanol–water partition coefficient (Wildman–Crippen LogP) is 4.41. The molecule has 0 saturated heterocycles. The van der Waals surface area contributed by atoms with E-state index in [9.17, 15) is 18.0 Å². The van der Waals surface area contributed by atoms with Crippen LogP contribution in [-0.2, 0) is 26.2 Å². The molecule has 0 aliphatic heterocycles. The molecule has 0 radical (unpaired) electrons. The zero-order valence-corrected chi connectivity index (χ0v) is 23.4. The van der Waals surface area contributed by atoms with Crippen LogP contribution in [0.4, 0.5) is 5.69 Å². The third-order valence-corrected chi connectivity index (χ3v) is 8.05. The van der Waals surface area contributed by atoms with Gasteiger partial charge in [0.25, 0.3) is 10.0 Å². The lowest BCUT2D eigenvalue weighted by molar-refractivity contribution is -0.139. The molecule has 0 unspecified atom stereocenters. The average Bonchev–Trinajstić information content (AvgIpc) is 2.91. The fourth-order valence-corrected chi connectivity index (χ4v) is 5.39. The maximum atomic E-state index is 13.8. The lowest BCUT2D eigenvalue weighted by Crippen LogP contribution is -2.51. The number of rotatable bonds is 11. The molecule has 202 valence electrons. The molecule has 0 saturated carbocycles. The highest BCUT2D eigenvalue weighted by Gasteiger charge is 2.32. The summed E-state index contributed by atoms with van der Waals surface area (Å²) >= 11 is 5.97. The molecule has 0 aliphatic rings. The first-order valence-corrected chi connectivity index (χ1v) is 13.9. The molecule has 0 bridgehead atoms. The lowest BCUT2D eigenvalue weighted by atomic mass is 10.1. The van der Waals surface area contributed by atoms with Crippen LogP contribution in [0.15, 0.2) is 77.7 Å². The standard InChI is InChI=1S/C28H32ClN3O5S/c1-5-30-28(34)21(3)31(18-22-7-6-8-25(17-22)37-4)27(33)19-32(24-13-9-20(2)10-14-24)38(35,36)26-15-11-23(29)12-16-26/h6-17,21H,5,18-19H2,1-4H3,(H,30,34)/t21-/m0/s1. The summed E-state index contributed by atoms with van der Waals surface area (Å²) in [7, 11) is -2.60. The van der Waals surface area contributed by atoms with Crippen LogP contribution in [-0.4, -0.2) is 51.4 Å². The van der Waals surface area contributed by atoms with Gasteiger partial charge in [-0.2, -0.15) is 0 Å². The number of likely N-dealkylation sites (N-methyl/N-ethyl adjacent to an activating group) is 1. The Morgan fingerprint density at radius 2 is 1.68 bits per heavy atom. The number of ether oxygens (including phenoxy) is 1. The highest BCUT2D eigenvalue weighted by atomic mass is 35.5. The Bertz CT molecular complexity index is 1360. The number of halogens is 1. The summed E-state index contributed by atoms with van der Waals surface area (Å²) < 4.78 is 33.9. The smallest absolute Gasteiger partial charge is 0.264 e. The monoisotopic (exact) mass is 557 g/mol. The van der Waals surface area contributed by atoms with E-state index in [2.05, 4.69) is 5.32 Å². The molecule has 3 aromatic carbocycles. The molecular weight excluding hydrogens is 526 g/mol. The van der Waals surface area contributed by atoms with Crippen molar-refractivity contribution < 1.29 is 22.7 Å². The predicted molar refractivity (Wildman–Crippen MR) is 149 cm³/mol. The van der Waals surface area contributed by atoms with Gasteiger partial charge >= 0.3 is 0 Å². The Labute approximate surface area is 229 Å². The number of anilines is 1. The lowest BCUT2D eigenvalue weighted by Gasteiger charge is -2.32. The van der Waals surface area contributed by atoms with E-state index in [0.717, 1.165) is 15.4 Å². The highest BCUT2D eigenvalue weighted by molar-refractivity contribution is 7.92. The van der Waals surface area contributed by atoms with Gasteiger partial charge in [-0.15, -0.1) is 0 Å². The van der Waals surface area contributed by atoms with Crippen molar-refractivity contribution >= 4 is 39.1 Å². The van der Waals surface area contributed by atoms with E-state index >= 15 is 0 Å². The highest BCUT2D eigenvalue weighted by Crippen LogP contribution is 2.26. The van der Waals surface area contributed by atoms with Gasteiger partial charge in [0.05, 0.1) is 17.7 Å². The van der Waals surface area contributed by atoms with Crippen molar-refractivity contribution in [1.29, 1.82) is 0 Å². The second-order valence-electron chi connectivity index (χ2n) is 8.74. The number of nitrogens with one attached hydrogen (secondary N) is 1. The summed E-state index contributed by atoms with van der Waals surface area (Å²) in [5, 5.41) is 3.13. The van der Waals surface area contributed by atoms with Gasteiger partial charge in [0.15, 0.2) is 0 Å². The SMILES string of the molecule is CCNC(=O)[C@H](C)N(Cc1cccc(OC)c1)C(=O)CN(c1ccc(C)cc1)S(=O)(=O)c1ccc(Cl)cc1. The number of amides is 2. The van der Waals surface area contributed by atoms with Crippen LogP contribution in [0.1, 0.15) is 25.0 Å². The van der Waals surface area contributed by atoms with E-state index < -0.39 is 28.5 Å². The number of hydrogen-bond acceptors (Lipinski definition) is 5. The number of hydrogen-bond donors (Lipinski definition) is 1. The number of benzene rings is 3. The van der Waals surface area contributed by atoms with Crippen LogP contribution in [0.2, 0.25) is 5.02 Å². The van der Waals surface area contributed by atoms with Crippen LogP contribution >= 0.6 is 11.6 Å². The van der Waals surface area contributed by atoms with Crippen molar-refractivity contribution in [3.05, 3.63) is 88.9 Å². The molecule has 3 rings (SSSR count). The number of carbonyl (C=O) groups is 2. The molecule has 0 spiro atoms. The van der Waals surface area contributed by atoms with E-state index in [1.807, 2.05) is 13.0 Å². The van der Waals surface area contributed by atoms with E-state index in [1.165, 1.54) is 29.2 Å². The van der Waals surface area contributed by atoms with Crippen LogP contribution in [0.25, 0.3) is 0 Å². The fourth-order valence-electron chi connectivity index (χ4n) is 3.85. The van der Waals surface area contributed by atoms with Crippen molar-refractivity contribution in [2.75, 3.05) is 24.5 Å². The Morgan fingerprint density at radius 1 is 1.03 bits per heavy atom. The Hall–Kier alpha value is -3.56. The molecule has 8 nitrogen and oxygen atoms in total. The maximum absolute atomic E-state index is 13.8. The Kier molecular flexibility index (Phi) is 9.77. The molecule has 2 amide bonds. The minimum absolute atomic E-state index is 0.00797. The van der Waals surface area contributed by atoms with Crippen LogP contribution in [0.3, 0.4) is 0 Å². The third kappa shape index (κ3) is 7.05. The average molecular weight is 558 g/mol. The summed E-state index contributed by atoms with van der Waals surface area (Å²) in [4.78, 5) is 28.0. The molecule has 10 heteroatoms. The first-order valence-electron chi connectivity index (χ1n) is 12.1. The topological polar surface area (TPSA) is 96.0 Å². The van der Waals surface area contributed by atoms with Crippen molar-refractivity contribution in [1.82, 2.24) is 10.2 Å². The molecule has 0 heterocycles. The van der Waals surface area contributed by atoms with Crippen LogP contribution < -0.4 is 14.4 Å². The van der Waals surface area contributed by atoms with Gasteiger partial charge in [0, 0.05) is 18.1 Å². The van der Waals surface area contributed by atoms with Crippen LogP contribution in [0.5, 0.6) is 5.75 Å². The molecule has 0 aromatic heterocycles. The van der Waals surface area contributed by atoms with Gasteiger partial charge < -0.3 is 15.0 Å². The van der Waals surface area contributed by atoms with E-state index in [-0.39, 0.29) is 17.3 Å². The maximum Gasteiger partial charge on any atom is 0.264 e. The number of nitrogens with zero attached hydrogens (tertiary/aromatic N) is 2. The molecule has 0 aliphatic carbocycles. The first-order chi connectivity index (χ1) is 18.1. The van der Waals surface area contributed by atoms with E-state index in [1.54, 1.807) is 63.4 Å². The summed E-state index contributed by atoms with van der Waals surface area (Å²) in [6.07, 6.45) is 0. The zero-order valence-electron chi connectivity index (χ0n) is 21.8. The van der Waals surface area contributed by atoms with E-state index in [4.69, 9.17) is 16.3 Å². The molecule has 0 fully saturated rings. The zero-order chi connectivity index (χ0) is 27.9. The Morgan fingerprint density at radius 3 is 2.29 bits per heavy atom. The van der Waals surface area contributed by atoms with Gasteiger partial charge in [-0.05, 0) is 74.9 Å². The minimum Gasteiger partial charge on any atom is -0.497 e. The quantitative estimate of drug-likeness (QED) is 0.377. The van der Waals surface area contributed by atoms with Crippen LogP contribution in [0, 0.1) is 6.92 Å². The minimum atomic E-state index is -4.15. The third-order valence-electron chi connectivity index (χ3n) is 6.01. The second-order valence-corrected chi connectivity index (χ2v) is 11.0. The fraction of sp³-hybridized carbons (Fsp3) is 0.286. The van der Waals surface area contributed by atoms with Crippen molar-refractivity contribution in [3.63, 3.8) is 0 Å². The first kappa shape index (κ1) is 29.0. The van der Waals surface area contributed by atoms with Crippen molar-refractivity contribution in [2.24, 2.45) is 0 Å². The number of methoxy groups -OCH3 is 1. The molecule has 38 heavy (non-hydrogen) atoms. The summed E-state index contributed by atoms with van der Waals surface area (Å²) in [6, 6.07) is 18.9. The van der Waals surface area contributed by atoms with Gasteiger partial charge in [-0.25, -0.2) is 8.42 Å². The van der Waals surface area contributed by atoms with Gasteiger partial charge in [0.2, 0.25) is 11.8 Å². The summed E-state index contributed by atoms with van der Waals surface area (Å²) in [5.41, 5.74) is 2.00. The van der Waals surface area contributed by atoms with Gasteiger partial charge in [0.1, 0.15) is 18.3 Å². The van der Waals surface area contributed by atoms with Gasteiger partial charge in [-0.1, -0.05) is 41.4 Å². The second kappa shape index (κ2) is 12.8. The Balaban J connectivity index is 2.02. The molecule has 1 atom stereocenters. The van der Waals surface area contributed by atoms with Gasteiger partial charge in [-0.3, -0.25) is 13.9 Å². The molecular formula is C28H32ClN3O5S. The molecule has 1 N–H and O–H groups in total. The number of sulfonamides is 1. The number of carbonyl (C=O) groups excluding carboxylic acids is 2.